The monoisotopic (exact) mass is 338 g/mol. The van der Waals surface area contributed by atoms with Crippen molar-refractivity contribution in [2.24, 2.45) is 5.41 Å². The van der Waals surface area contributed by atoms with Crippen molar-refractivity contribution in [2.75, 3.05) is 18.8 Å². The summed E-state index contributed by atoms with van der Waals surface area (Å²) >= 11 is 1.51. The minimum atomic E-state index is -0.398. The number of nitrogens with zero attached hydrogens (tertiary/aromatic N) is 2. The van der Waals surface area contributed by atoms with Crippen LogP contribution in [0.25, 0.3) is 0 Å². The van der Waals surface area contributed by atoms with Crippen LogP contribution in [0.4, 0.5) is 0 Å². The van der Waals surface area contributed by atoms with Crippen molar-refractivity contribution in [3.63, 3.8) is 0 Å². The molecular weight excluding hydrogens is 316 g/mol. The highest BCUT2D eigenvalue weighted by Gasteiger charge is 2.39. The molecule has 23 heavy (non-hydrogen) atoms. The predicted octanol–water partition coefficient (Wildman–Crippen LogP) is 1.21. The van der Waals surface area contributed by atoms with Gasteiger partial charge in [-0.05, 0) is 17.6 Å². The molecular formula is C16H22N2O4S. The maximum Gasteiger partial charge on any atom is 0.253 e. The Balaban J connectivity index is 1.84. The van der Waals surface area contributed by atoms with Gasteiger partial charge in [0.2, 0.25) is 11.8 Å². The van der Waals surface area contributed by atoms with Crippen LogP contribution in [0.1, 0.15) is 33.6 Å². The molecule has 2 rings (SSSR count). The Hall–Kier alpha value is -1.63. The van der Waals surface area contributed by atoms with E-state index in [9.17, 15) is 19.2 Å². The summed E-state index contributed by atoms with van der Waals surface area (Å²) in [5, 5.41) is -0.340. The fourth-order valence-electron chi connectivity index (χ4n) is 2.38. The molecule has 0 spiro atoms. The number of rotatable bonds is 6. The molecule has 7 heteroatoms. The maximum absolute atomic E-state index is 12.3. The number of hydrogen-bond acceptors (Lipinski definition) is 5. The van der Waals surface area contributed by atoms with Crippen LogP contribution in [0.15, 0.2) is 12.2 Å². The summed E-state index contributed by atoms with van der Waals surface area (Å²) in [6.07, 6.45) is 3.56. The van der Waals surface area contributed by atoms with Crippen molar-refractivity contribution in [1.29, 1.82) is 0 Å². The second-order valence-corrected chi connectivity index (χ2v) is 8.23. The van der Waals surface area contributed by atoms with Gasteiger partial charge in [-0.3, -0.25) is 29.0 Å². The SMILES string of the molecule is CC(C)(C)CCSC1CC(=O)N(CCN2C(=O)C=CC2=O)C1=O. The molecule has 0 saturated carbocycles. The van der Waals surface area contributed by atoms with E-state index in [1.54, 1.807) is 0 Å². The van der Waals surface area contributed by atoms with E-state index in [4.69, 9.17) is 0 Å². The number of amides is 4. The number of hydrogen-bond donors (Lipinski definition) is 0. The van der Waals surface area contributed by atoms with Gasteiger partial charge >= 0.3 is 0 Å². The third-order valence-corrected chi connectivity index (χ3v) is 5.03. The smallest absolute Gasteiger partial charge is 0.253 e. The van der Waals surface area contributed by atoms with Crippen LogP contribution in [0, 0.1) is 5.41 Å². The van der Waals surface area contributed by atoms with Gasteiger partial charge in [-0.25, -0.2) is 0 Å². The quantitative estimate of drug-likeness (QED) is 0.681. The van der Waals surface area contributed by atoms with Crippen LogP contribution in [0.2, 0.25) is 0 Å². The minimum Gasteiger partial charge on any atom is -0.280 e. The number of carbonyl (C=O) groups is 4. The zero-order chi connectivity index (χ0) is 17.2. The third kappa shape index (κ3) is 4.43. The van der Waals surface area contributed by atoms with E-state index >= 15 is 0 Å². The lowest BCUT2D eigenvalue weighted by molar-refractivity contribution is -0.142. The molecule has 1 saturated heterocycles. The normalized spacial score (nSPS) is 22.0. The molecule has 0 aromatic heterocycles. The van der Waals surface area contributed by atoms with Gasteiger partial charge in [0.25, 0.3) is 11.8 Å². The van der Waals surface area contributed by atoms with Crippen molar-refractivity contribution in [2.45, 2.75) is 38.9 Å². The fourth-order valence-corrected chi connectivity index (χ4v) is 3.92. The zero-order valence-corrected chi connectivity index (χ0v) is 14.5. The third-order valence-electron chi connectivity index (χ3n) is 3.82. The van der Waals surface area contributed by atoms with Gasteiger partial charge in [-0.1, -0.05) is 20.8 Å². The van der Waals surface area contributed by atoms with E-state index in [1.807, 2.05) is 0 Å². The van der Waals surface area contributed by atoms with Crippen molar-refractivity contribution in [3.8, 4) is 0 Å². The summed E-state index contributed by atoms with van der Waals surface area (Å²) in [4.78, 5) is 49.5. The van der Waals surface area contributed by atoms with Crippen molar-refractivity contribution in [3.05, 3.63) is 12.2 Å². The summed E-state index contributed by atoms with van der Waals surface area (Å²) in [5.74, 6) is -0.403. The van der Waals surface area contributed by atoms with E-state index in [-0.39, 0.29) is 42.0 Å². The first-order valence-corrected chi connectivity index (χ1v) is 8.73. The van der Waals surface area contributed by atoms with E-state index in [2.05, 4.69) is 20.8 Å². The molecule has 2 aliphatic rings. The Bertz CT molecular complexity index is 547. The summed E-state index contributed by atoms with van der Waals surface area (Å²) in [6.45, 7) is 6.55. The maximum atomic E-state index is 12.3. The van der Waals surface area contributed by atoms with Crippen LogP contribution in [0.3, 0.4) is 0 Å². The molecule has 0 bridgehead atoms. The highest BCUT2D eigenvalue weighted by Crippen LogP contribution is 2.29. The van der Waals surface area contributed by atoms with E-state index in [0.29, 0.717) is 0 Å². The van der Waals surface area contributed by atoms with Crippen LogP contribution >= 0.6 is 11.8 Å². The molecule has 0 aromatic rings. The summed E-state index contributed by atoms with van der Waals surface area (Å²) < 4.78 is 0. The molecule has 4 amide bonds. The Kier molecular flexibility index (Phi) is 5.29. The molecule has 126 valence electrons. The van der Waals surface area contributed by atoms with E-state index in [0.717, 1.165) is 17.1 Å². The molecule has 0 radical (unpaired) electrons. The van der Waals surface area contributed by atoms with Gasteiger partial charge in [0, 0.05) is 31.7 Å². The number of likely N-dealkylation sites (tertiary alicyclic amines) is 1. The molecule has 0 N–H and O–H groups in total. The highest BCUT2D eigenvalue weighted by molar-refractivity contribution is 8.00. The lowest BCUT2D eigenvalue weighted by Gasteiger charge is -2.20. The van der Waals surface area contributed by atoms with Gasteiger partial charge in [0.05, 0.1) is 5.25 Å². The average Bonchev–Trinajstić information content (AvgIpc) is 2.89. The van der Waals surface area contributed by atoms with Crippen LogP contribution in [0.5, 0.6) is 0 Å². The molecule has 1 atom stereocenters. The zero-order valence-electron chi connectivity index (χ0n) is 13.7. The number of imide groups is 2. The lowest BCUT2D eigenvalue weighted by Crippen LogP contribution is -2.41. The molecule has 2 aliphatic heterocycles. The van der Waals surface area contributed by atoms with Crippen LogP contribution in [-0.4, -0.2) is 57.5 Å². The molecule has 6 nitrogen and oxygen atoms in total. The standard InChI is InChI=1S/C16H22N2O4S/c1-16(2,3)6-9-23-11-10-14(21)18(15(11)22)8-7-17-12(19)4-5-13(17)20/h4-5,11H,6-10H2,1-3H3. The van der Waals surface area contributed by atoms with Crippen LogP contribution in [-0.2, 0) is 19.2 Å². The Labute approximate surface area is 140 Å². The van der Waals surface area contributed by atoms with Gasteiger partial charge < -0.3 is 0 Å². The highest BCUT2D eigenvalue weighted by atomic mass is 32.2. The van der Waals surface area contributed by atoms with Crippen molar-refractivity contribution in [1.82, 2.24) is 9.80 Å². The molecule has 0 aliphatic carbocycles. The van der Waals surface area contributed by atoms with E-state index in [1.165, 1.54) is 28.8 Å². The average molecular weight is 338 g/mol. The number of thioether (sulfide) groups is 1. The minimum absolute atomic E-state index is 0.0571. The first-order chi connectivity index (χ1) is 10.7. The summed E-state index contributed by atoms with van der Waals surface area (Å²) in [5.41, 5.74) is 0.196. The molecule has 2 heterocycles. The molecule has 1 unspecified atom stereocenters. The van der Waals surface area contributed by atoms with Gasteiger partial charge in [0.1, 0.15) is 0 Å². The second-order valence-electron chi connectivity index (χ2n) is 6.92. The fraction of sp³-hybridized carbons (Fsp3) is 0.625. The van der Waals surface area contributed by atoms with Crippen molar-refractivity contribution < 1.29 is 19.2 Å². The van der Waals surface area contributed by atoms with E-state index < -0.39 is 11.8 Å². The Morgan fingerprint density at radius 1 is 1.04 bits per heavy atom. The predicted molar refractivity (Wildman–Crippen MR) is 87.5 cm³/mol. The van der Waals surface area contributed by atoms with Gasteiger partial charge in [0.15, 0.2) is 0 Å². The van der Waals surface area contributed by atoms with Gasteiger partial charge in [-0.15, -0.1) is 11.8 Å². The largest absolute Gasteiger partial charge is 0.280 e. The summed E-state index contributed by atoms with van der Waals surface area (Å²) in [7, 11) is 0. The first kappa shape index (κ1) is 17.7. The topological polar surface area (TPSA) is 74.8 Å². The Morgan fingerprint density at radius 3 is 2.17 bits per heavy atom. The Morgan fingerprint density at radius 2 is 1.61 bits per heavy atom. The molecule has 0 aromatic carbocycles. The number of carbonyl (C=O) groups excluding carboxylic acids is 4. The van der Waals surface area contributed by atoms with Crippen molar-refractivity contribution >= 4 is 35.4 Å². The summed E-state index contributed by atoms with van der Waals surface area (Å²) in [6, 6.07) is 0. The molecule has 1 fully saturated rings. The van der Waals surface area contributed by atoms with Crippen LogP contribution < -0.4 is 0 Å². The van der Waals surface area contributed by atoms with Gasteiger partial charge in [-0.2, -0.15) is 0 Å². The first-order valence-electron chi connectivity index (χ1n) is 7.68. The second kappa shape index (κ2) is 6.86. The lowest BCUT2D eigenvalue weighted by atomic mass is 9.94.